The maximum atomic E-state index is 11.1. The van der Waals surface area contributed by atoms with Gasteiger partial charge < -0.3 is 4.40 Å². The number of Topliss-reactive ketones (excluding diaryl/α,β-unsaturated/α-hetero) is 1. The quantitative estimate of drug-likeness (QED) is 0.671. The zero-order valence-electron chi connectivity index (χ0n) is 9.48. The molecule has 0 aliphatic heterocycles. The Morgan fingerprint density at radius 2 is 2.00 bits per heavy atom. The van der Waals surface area contributed by atoms with Gasteiger partial charge in [-0.2, -0.15) is 0 Å². The number of carbonyl (C=O) groups is 1. The van der Waals surface area contributed by atoms with E-state index in [1.54, 1.807) is 16.9 Å². The molecule has 4 heteroatoms. The van der Waals surface area contributed by atoms with Crippen LogP contribution in [0, 0.1) is 6.92 Å². The van der Waals surface area contributed by atoms with Crippen molar-refractivity contribution in [2.24, 2.45) is 0 Å². The van der Waals surface area contributed by atoms with E-state index in [2.05, 4.69) is 9.97 Å². The van der Waals surface area contributed by atoms with Crippen LogP contribution in [0.4, 0.5) is 0 Å². The van der Waals surface area contributed by atoms with Gasteiger partial charge >= 0.3 is 0 Å². The van der Waals surface area contributed by atoms with Crippen molar-refractivity contribution in [3.05, 3.63) is 30.1 Å². The standard InChI is InChI=1S/C9H9N3O.C2H6/c1-6-4-12-5-11-9(7(2)13)8(12)3-10-6;1-2/h3-5H,1-2H3;1-2H3. The first-order valence-corrected chi connectivity index (χ1v) is 4.99. The molecule has 2 aromatic rings. The zero-order valence-corrected chi connectivity index (χ0v) is 9.48. The molecule has 0 amide bonds. The van der Waals surface area contributed by atoms with E-state index in [1.807, 2.05) is 27.0 Å². The third-order valence-corrected chi connectivity index (χ3v) is 1.88. The first-order chi connectivity index (χ1) is 7.18. The molecule has 0 spiro atoms. The van der Waals surface area contributed by atoms with Gasteiger partial charge in [0.05, 0.1) is 17.4 Å². The number of aryl methyl sites for hydroxylation is 1. The second-order valence-electron chi connectivity index (χ2n) is 2.97. The van der Waals surface area contributed by atoms with Gasteiger partial charge in [-0.1, -0.05) is 13.8 Å². The normalized spacial score (nSPS) is 9.60. The summed E-state index contributed by atoms with van der Waals surface area (Å²) in [6, 6.07) is 0. The van der Waals surface area contributed by atoms with Gasteiger partial charge in [0.2, 0.25) is 0 Å². The van der Waals surface area contributed by atoms with E-state index in [4.69, 9.17) is 0 Å². The highest BCUT2D eigenvalue weighted by molar-refractivity contribution is 5.98. The molecule has 0 fully saturated rings. The molecule has 0 bridgehead atoms. The molecule has 0 radical (unpaired) electrons. The number of nitrogens with zero attached hydrogens (tertiary/aromatic N) is 3. The molecule has 0 N–H and O–H groups in total. The SMILES string of the molecule is CC.CC(=O)c1ncn2cc(C)ncc12. The monoisotopic (exact) mass is 205 g/mol. The summed E-state index contributed by atoms with van der Waals surface area (Å²) in [5.41, 5.74) is 2.14. The third kappa shape index (κ3) is 2.21. The summed E-state index contributed by atoms with van der Waals surface area (Å²) in [7, 11) is 0. The molecule has 0 aromatic carbocycles. The fourth-order valence-corrected chi connectivity index (χ4v) is 1.27. The summed E-state index contributed by atoms with van der Waals surface area (Å²) < 4.78 is 1.80. The predicted octanol–water partition coefficient (Wildman–Crippen LogP) is 2.27. The van der Waals surface area contributed by atoms with Gasteiger partial charge in [0, 0.05) is 13.1 Å². The van der Waals surface area contributed by atoms with E-state index in [1.165, 1.54) is 6.92 Å². The van der Waals surface area contributed by atoms with Crippen LogP contribution in [-0.4, -0.2) is 20.2 Å². The van der Waals surface area contributed by atoms with Gasteiger partial charge in [-0.15, -0.1) is 0 Å². The highest BCUT2D eigenvalue weighted by Gasteiger charge is 2.08. The molecule has 2 heterocycles. The average molecular weight is 205 g/mol. The summed E-state index contributed by atoms with van der Waals surface area (Å²) in [5.74, 6) is -0.0341. The summed E-state index contributed by atoms with van der Waals surface area (Å²) in [5, 5.41) is 0. The number of hydrogen-bond donors (Lipinski definition) is 0. The predicted molar refractivity (Wildman–Crippen MR) is 59.1 cm³/mol. The number of carbonyl (C=O) groups excluding carboxylic acids is 1. The van der Waals surface area contributed by atoms with Crippen molar-refractivity contribution in [1.29, 1.82) is 0 Å². The van der Waals surface area contributed by atoms with Crippen LogP contribution in [0.25, 0.3) is 5.52 Å². The summed E-state index contributed by atoms with van der Waals surface area (Å²) in [6.45, 7) is 7.40. The maximum Gasteiger partial charge on any atom is 0.180 e. The lowest BCUT2D eigenvalue weighted by atomic mass is 10.3. The summed E-state index contributed by atoms with van der Waals surface area (Å²) in [6.07, 6.45) is 5.13. The molecule has 0 atom stereocenters. The molecular formula is C11H15N3O. The second-order valence-corrected chi connectivity index (χ2v) is 2.97. The molecule has 2 aromatic heterocycles. The molecule has 15 heavy (non-hydrogen) atoms. The van der Waals surface area contributed by atoms with Gasteiger partial charge in [-0.25, -0.2) is 4.98 Å². The first-order valence-electron chi connectivity index (χ1n) is 4.99. The minimum Gasteiger partial charge on any atom is -0.302 e. The second kappa shape index (κ2) is 4.68. The Hall–Kier alpha value is -1.71. The van der Waals surface area contributed by atoms with E-state index in [9.17, 15) is 4.79 Å². The van der Waals surface area contributed by atoms with Crippen molar-refractivity contribution in [3.63, 3.8) is 0 Å². The van der Waals surface area contributed by atoms with Crippen LogP contribution in [0.1, 0.15) is 37.0 Å². The van der Waals surface area contributed by atoms with Gasteiger partial charge in [0.25, 0.3) is 0 Å². The highest BCUT2D eigenvalue weighted by atomic mass is 16.1. The molecule has 0 unspecified atom stereocenters. The Kier molecular flexibility index (Phi) is 3.55. The summed E-state index contributed by atoms with van der Waals surface area (Å²) in [4.78, 5) is 19.2. The maximum absolute atomic E-state index is 11.1. The fourth-order valence-electron chi connectivity index (χ4n) is 1.27. The molecule has 0 aliphatic carbocycles. The minimum absolute atomic E-state index is 0.0341. The van der Waals surface area contributed by atoms with E-state index in [-0.39, 0.29) is 5.78 Å². The number of ketones is 1. The molecule has 0 saturated carbocycles. The number of imidazole rings is 1. The molecule has 0 saturated heterocycles. The Labute approximate surface area is 89.0 Å². The van der Waals surface area contributed by atoms with Gasteiger partial charge in [-0.3, -0.25) is 9.78 Å². The molecule has 4 nitrogen and oxygen atoms in total. The lowest BCUT2D eigenvalue weighted by molar-refractivity contribution is 0.101. The van der Waals surface area contributed by atoms with Crippen molar-refractivity contribution in [1.82, 2.24) is 14.4 Å². The Morgan fingerprint density at radius 3 is 2.60 bits per heavy atom. The largest absolute Gasteiger partial charge is 0.302 e. The number of aromatic nitrogens is 3. The highest BCUT2D eigenvalue weighted by Crippen LogP contribution is 2.08. The fraction of sp³-hybridized carbons (Fsp3) is 0.364. The number of hydrogen-bond acceptors (Lipinski definition) is 3. The van der Waals surface area contributed by atoms with Crippen LogP contribution in [-0.2, 0) is 0 Å². The van der Waals surface area contributed by atoms with E-state index in [0.29, 0.717) is 5.69 Å². The van der Waals surface area contributed by atoms with E-state index in [0.717, 1.165) is 11.2 Å². The van der Waals surface area contributed by atoms with Crippen LogP contribution >= 0.6 is 0 Å². The van der Waals surface area contributed by atoms with Crippen LogP contribution in [0.3, 0.4) is 0 Å². The van der Waals surface area contributed by atoms with Gasteiger partial charge in [-0.05, 0) is 6.92 Å². The Bertz CT molecular complexity index is 474. The van der Waals surface area contributed by atoms with Gasteiger partial charge in [0.15, 0.2) is 5.78 Å². The first kappa shape index (κ1) is 11.4. The molecule has 2 rings (SSSR count). The van der Waals surface area contributed by atoms with Crippen molar-refractivity contribution in [2.45, 2.75) is 27.7 Å². The lowest BCUT2D eigenvalue weighted by Gasteiger charge is -1.95. The van der Waals surface area contributed by atoms with Crippen LogP contribution in [0.15, 0.2) is 18.7 Å². The Morgan fingerprint density at radius 1 is 1.33 bits per heavy atom. The Balaban J connectivity index is 0.000000531. The lowest BCUT2D eigenvalue weighted by Crippen LogP contribution is -1.94. The van der Waals surface area contributed by atoms with E-state index < -0.39 is 0 Å². The smallest absolute Gasteiger partial charge is 0.180 e. The van der Waals surface area contributed by atoms with Crippen LogP contribution in [0.5, 0.6) is 0 Å². The molecular weight excluding hydrogens is 190 g/mol. The van der Waals surface area contributed by atoms with Crippen molar-refractivity contribution >= 4 is 11.3 Å². The molecule has 0 aliphatic rings. The van der Waals surface area contributed by atoms with Gasteiger partial charge in [0.1, 0.15) is 12.0 Å². The van der Waals surface area contributed by atoms with Crippen LogP contribution in [0.2, 0.25) is 0 Å². The third-order valence-electron chi connectivity index (χ3n) is 1.88. The van der Waals surface area contributed by atoms with Crippen LogP contribution < -0.4 is 0 Å². The van der Waals surface area contributed by atoms with E-state index >= 15 is 0 Å². The topological polar surface area (TPSA) is 47.3 Å². The summed E-state index contributed by atoms with van der Waals surface area (Å²) >= 11 is 0. The van der Waals surface area contributed by atoms with Crippen molar-refractivity contribution in [3.8, 4) is 0 Å². The average Bonchev–Trinajstić information content (AvgIpc) is 2.63. The van der Waals surface area contributed by atoms with Crippen molar-refractivity contribution in [2.75, 3.05) is 0 Å². The van der Waals surface area contributed by atoms with Crippen molar-refractivity contribution < 1.29 is 4.79 Å². The number of rotatable bonds is 1. The number of fused-ring (bicyclic) bond motifs is 1. The zero-order chi connectivity index (χ0) is 11.4. The minimum atomic E-state index is -0.0341. The molecule has 80 valence electrons.